The molecule has 1 fully saturated rings. The molecule has 2 rings (SSSR count). The van der Waals surface area contributed by atoms with Gasteiger partial charge in [-0.15, -0.1) is 0 Å². The Bertz CT molecular complexity index is 387. The van der Waals surface area contributed by atoms with Crippen LogP contribution in [0.15, 0.2) is 24.3 Å². The molecule has 1 aliphatic heterocycles. The number of para-hydroxylation sites is 1. The van der Waals surface area contributed by atoms with Crippen LogP contribution in [0.3, 0.4) is 0 Å². The number of nitrogens with one attached hydrogen (secondary N) is 2. The molecule has 1 amide bonds. The summed E-state index contributed by atoms with van der Waals surface area (Å²) in [5.74, 6) is 0.598. The van der Waals surface area contributed by atoms with Crippen molar-refractivity contribution in [3.05, 3.63) is 29.8 Å². The predicted octanol–water partition coefficient (Wildman–Crippen LogP) is 1.18. The van der Waals surface area contributed by atoms with Crippen molar-refractivity contribution in [2.75, 3.05) is 19.7 Å². The van der Waals surface area contributed by atoms with E-state index in [1.54, 1.807) is 6.07 Å². The molecule has 0 bridgehead atoms. The second kappa shape index (κ2) is 5.68. The highest BCUT2D eigenvalue weighted by Crippen LogP contribution is 2.18. The van der Waals surface area contributed by atoms with Crippen molar-refractivity contribution >= 4 is 5.91 Å². The Morgan fingerprint density at radius 2 is 2.35 bits per heavy atom. The Morgan fingerprint density at radius 1 is 1.53 bits per heavy atom. The van der Waals surface area contributed by atoms with Gasteiger partial charge in [0.2, 0.25) is 0 Å². The average Bonchev–Trinajstić information content (AvgIpc) is 2.83. The molecule has 0 aromatic heterocycles. The molecule has 1 unspecified atom stereocenters. The minimum atomic E-state index is -0.0530. The molecule has 1 aromatic rings. The lowest BCUT2D eigenvalue weighted by molar-refractivity contribution is 0.0936. The van der Waals surface area contributed by atoms with Crippen LogP contribution < -0.4 is 15.4 Å². The lowest BCUT2D eigenvalue weighted by Crippen LogP contribution is -2.36. The average molecular weight is 234 g/mol. The van der Waals surface area contributed by atoms with Gasteiger partial charge < -0.3 is 15.4 Å². The topological polar surface area (TPSA) is 50.4 Å². The van der Waals surface area contributed by atoms with Gasteiger partial charge in [0, 0.05) is 12.6 Å². The Hall–Kier alpha value is -1.55. The number of ether oxygens (including phenoxy) is 1. The SMILES string of the molecule is CCOc1ccccc1C(=O)NC1CCNC1. The molecule has 17 heavy (non-hydrogen) atoms. The van der Waals surface area contributed by atoms with Crippen molar-refractivity contribution in [3.63, 3.8) is 0 Å². The molecule has 4 nitrogen and oxygen atoms in total. The quantitative estimate of drug-likeness (QED) is 0.822. The Balaban J connectivity index is 2.06. The summed E-state index contributed by atoms with van der Waals surface area (Å²) in [6.07, 6.45) is 0.989. The fourth-order valence-corrected chi connectivity index (χ4v) is 1.98. The number of amides is 1. The molecule has 1 aromatic carbocycles. The molecule has 4 heteroatoms. The van der Waals surface area contributed by atoms with Gasteiger partial charge in [0.05, 0.1) is 12.2 Å². The molecule has 2 N–H and O–H groups in total. The van der Waals surface area contributed by atoms with E-state index < -0.39 is 0 Å². The highest BCUT2D eigenvalue weighted by molar-refractivity contribution is 5.97. The molecule has 92 valence electrons. The maximum Gasteiger partial charge on any atom is 0.255 e. The van der Waals surface area contributed by atoms with E-state index in [4.69, 9.17) is 4.74 Å². The maximum atomic E-state index is 12.1. The number of carbonyl (C=O) groups is 1. The number of rotatable bonds is 4. The zero-order chi connectivity index (χ0) is 12.1. The number of carbonyl (C=O) groups excluding carboxylic acids is 1. The van der Waals surface area contributed by atoms with E-state index in [-0.39, 0.29) is 11.9 Å². The van der Waals surface area contributed by atoms with Gasteiger partial charge in [-0.05, 0) is 32.0 Å². The van der Waals surface area contributed by atoms with Gasteiger partial charge in [-0.2, -0.15) is 0 Å². The monoisotopic (exact) mass is 234 g/mol. The fourth-order valence-electron chi connectivity index (χ4n) is 1.98. The van der Waals surface area contributed by atoms with Crippen LogP contribution in [0.5, 0.6) is 5.75 Å². The molecule has 1 heterocycles. The summed E-state index contributed by atoms with van der Waals surface area (Å²) in [6, 6.07) is 7.58. The minimum absolute atomic E-state index is 0.0530. The van der Waals surface area contributed by atoms with Crippen molar-refractivity contribution in [1.29, 1.82) is 0 Å². The summed E-state index contributed by atoms with van der Waals surface area (Å²) in [4.78, 5) is 12.1. The van der Waals surface area contributed by atoms with Gasteiger partial charge >= 0.3 is 0 Å². The van der Waals surface area contributed by atoms with E-state index in [1.807, 2.05) is 25.1 Å². The van der Waals surface area contributed by atoms with E-state index in [9.17, 15) is 4.79 Å². The van der Waals surface area contributed by atoms with E-state index in [0.717, 1.165) is 19.5 Å². The minimum Gasteiger partial charge on any atom is -0.493 e. The highest BCUT2D eigenvalue weighted by Gasteiger charge is 2.19. The molecule has 0 saturated carbocycles. The van der Waals surface area contributed by atoms with Crippen LogP contribution in [0, 0.1) is 0 Å². The zero-order valence-corrected chi connectivity index (χ0v) is 10.0. The Labute approximate surface area is 101 Å². The second-order valence-corrected chi connectivity index (χ2v) is 4.09. The van der Waals surface area contributed by atoms with Gasteiger partial charge in [-0.25, -0.2) is 0 Å². The lowest BCUT2D eigenvalue weighted by atomic mass is 10.1. The number of benzene rings is 1. The summed E-state index contributed by atoms with van der Waals surface area (Å²) in [7, 11) is 0. The normalized spacial score (nSPS) is 19.0. The van der Waals surface area contributed by atoms with E-state index in [1.165, 1.54) is 0 Å². The summed E-state index contributed by atoms with van der Waals surface area (Å²) in [5.41, 5.74) is 0.612. The smallest absolute Gasteiger partial charge is 0.255 e. The van der Waals surface area contributed by atoms with Crippen LogP contribution in [0.2, 0.25) is 0 Å². The third-order valence-electron chi connectivity index (χ3n) is 2.83. The van der Waals surface area contributed by atoms with Crippen molar-refractivity contribution in [2.45, 2.75) is 19.4 Å². The van der Waals surface area contributed by atoms with Crippen LogP contribution in [0.4, 0.5) is 0 Å². The Kier molecular flexibility index (Phi) is 3.98. The number of hydrogen-bond donors (Lipinski definition) is 2. The van der Waals surface area contributed by atoms with Gasteiger partial charge in [0.25, 0.3) is 5.91 Å². The molecule has 0 radical (unpaired) electrons. The zero-order valence-electron chi connectivity index (χ0n) is 10.0. The molecule has 0 spiro atoms. The molecular weight excluding hydrogens is 216 g/mol. The highest BCUT2D eigenvalue weighted by atomic mass is 16.5. The predicted molar refractivity (Wildman–Crippen MR) is 66.4 cm³/mol. The van der Waals surface area contributed by atoms with Crippen molar-refractivity contribution < 1.29 is 9.53 Å². The van der Waals surface area contributed by atoms with Crippen molar-refractivity contribution in [1.82, 2.24) is 10.6 Å². The van der Waals surface area contributed by atoms with Crippen molar-refractivity contribution in [2.24, 2.45) is 0 Å². The summed E-state index contributed by atoms with van der Waals surface area (Å²) >= 11 is 0. The first kappa shape index (κ1) is 11.9. The van der Waals surface area contributed by atoms with Crippen LogP contribution in [-0.4, -0.2) is 31.6 Å². The Morgan fingerprint density at radius 3 is 3.06 bits per heavy atom. The third kappa shape index (κ3) is 2.97. The molecule has 1 atom stereocenters. The van der Waals surface area contributed by atoms with Crippen LogP contribution >= 0.6 is 0 Å². The first-order chi connectivity index (χ1) is 8.31. The second-order valence-electron chi connectivity index (χ2n) is 4.09. The van der Waals surface area contributed by atoms with Crippen LogP contribution in [-0.2, 0) is 0 Å². The molecular formula is C13H18N2O2. The van der Waals surface area contributed by atoms with E-state index in [2.05, 4.69) is 10.6 Å². The third-order valence-corrected chi connectivity index (χ3v) is 2.83. The summed E-state index contributed by atoms with van der Waals surface area (Å²) < 4.78 is 5.45. The maximum absolute atomic E-state index is 12.1. The van der Waals surface area contributed by atoms with Gasteiger partial charge in [-0.1, -0.05) is 12.1 Å². The standard InChI is InChI=1S/C13H18N2O2/c1-2-17-12-6-4-3-5-11(12)13(16)15-10-7-8-14-9-10/h3-6,10,14H,2,7-9H2,1H3,(H,15,16). The molecule has 1 saturated heterocycles. The summed E-state index contributed by atoms with van der Waals surface area (Å²) in [5, 5.41) is 6.24. The summed E-state index contributed by atoms with van der Waals surface area (Å²) in [6.45, 7) is 4.30. The van der Waals surface area contributed by atoms with Gasteiger partial charge in [0.1, 0.15) is 5.75 Å². The molecule has 0 aliphatic carbocycles. The molecule has 1 aliphatic rings. The number of hydrogen-bond acceptors (Lipinski definition) is 3. The fraction of sp³-hybridized carbons (Fsp3) is 0.462. The lowest BCUT2D eigenvalue weighted by Gasteiger charge is -2.13. The van der Waals surface area contributed by atoms with Gasteiger partial charge in [0.15, 0.2) is 0 Å². The van der Waals surface area contributed by atoms with Crippen LogP contribution in [0.25, 0.3) is 0 Å². The van der Waals surface area contributed by atoms with Crippen LogP contribution in [0.1, 0.15) is 23.7 Å². The largest absolute Gasteiger partial charge is 0.493 e. The van der Waals surface area contributed by atoms with Gasteiger partial charge in [-0.3, -0.25) is 4.79 Å². The van der Waals surface area contributed by atoms with E-state index >= 15 is 0 Å². The van der Waals surface area contributed by atoms with Crippen molar-refractivity contribution in [3.8, 4) is 5.75 Å². The first-order valence-corrected chi connectivity index (χ1v) is 6.04. The first-order valence-electron chi connectivity index (χ1n) is 6.04. The van der Waals surface area contributed by atoms with E-state index in [0.29, 0.717) is 17.9 Å².